The smallest absolute Gasteiger partial charge is 0.276 e. The first kappa shape index (κ1) is 9.86. The lowest BCUT2D eigenvalue weighted by Gasteiger charge is -2.04. The summed E-state index contributed by atoms with van der Waals surface area (Å²) >= 11 is 5.82. The zero-order valence-electron chi connectivity index (χ0n) is 7.13. The Bertz CT molecular complexity index is 325. The van der Waals surface area contributed by atoms with E-state index >= 15 is 0 Å². The number of carbonyl (C=O) groups excluding carboxylic acids is 1. The molecule has 0 aliphatic rings. The average Bonchev–Trinajstić information content (AvgIpc) is 2.07. The van der Waals surface area contributed by atoms with Gasteiger partial charge < -0.3 is 4.74 Å². The number of nitrogens with one attached hydrogen (secondary N) is 1. The summed E-state index contributed by atoms with van der Waals surface area (Å²) in [5.41, 5.74) is 7.58. The van der Waals surface area contributed by atoms with Crippen LogP contribution in [-0.4, -0.2) is 12.5 Å². The summed E-state index contributed by atoms with van der Waals surface area (Å²) in [4.78, 5) is 10.3. The van der Waals surface area contributed by atoms with Crippen LogP contribution in [0.2, 0.25) is 5.02 Å². The van der Waals surface area contributed by atoms with Gasteiger partial charge in [-0.15, -0.1) is 0 Å². The molecule has 69 valence electrons. The lowest BCUT2D eigenvalue weighted by Crippen LogP contribution is -2.11. The second-order valence-corrected chi connectivity index (χ2v) is 3.03. The molecule has 13 heavy (non-hydrogen) atoms. The van der Waals surface area contributed by atoms with E-state index in [0.29, 0.717) is 10.8 Å². The van der Waals surface area contributed by atoms with E-state index in [1.54, 1.807) is 18.2 Å². The van der Waals surface area contributed by atoms with E-state index in [4.69, 9.17) is 22.1 Å². The number of ether oxygens (including phenoxy) is 1. The van der Waals surface area contributed by atoms with E-state index in [1.807, 2.05) is 6.92 Å². The highest BCUT2D eigenvalue weighted by molar-refractivity contribution is 6.31. The van der Waals surface area contributed by atoms with Gasteiger partial charge in [-0.25, -0.2) is 0 Å². The Morgan fingerprint density at radius 3 is 2.85 bits per heavy atom. The molecule has 1 radical (unpaired) electrons. The van der Waals surface area contributed by atoms with Crippen molar-refractivity contribution >= 4 is 17.5 Å². The minimum atomic E-state index is -0.753. The second kappa shape index (κ2) is 4.14. The predicted octanol–water partition coefficient (Wildman–Crippen LogP) is 1.84. The normalized spacial score (nSPS) is 9.69. The predicted molar refractivity (Wildman–Crippen MR) is 49.8 cm³/mol. The molecule has 0 saturated carbocycles. The molecule has 0 spiro atoms. The average molecular weight is 199 g/mol. The number of benzene rings is 1. The second-order valence-electron chi connectivity index (χ2n) is 2.62. The number of hydrogen-bond donors (Lipinski definition) is 0. The zero-order chi connectivity index (χ0) is 9.84. The van der Waals surface area contributed by atoms with E-state index in [-0.39, 0.29) is 6.61 Å². The van der Waals surface area contributed by atoms with Crippen LogP contribution in [0.5, 0.6) is 5.75 Å². The molecule has 0 fully saturated rings. The Kier molecular flexibility index (Phi) is 3.14. The van der Waals surface area contributed by atoms with Crippen LogP contribution in [0.4, 0.5) is 0 Å². The molecule has 0 aliphatic heterocycles. The van der Waals surface area contributed by atoms with Gasteiger partial charge in [-0.05, 0) is 24.6 Å². The summed E-state index contributed by atoms with van der Waals surface area (Å²) in [6.45, 7) is 1.64. The fourth-order valence-corrected chi connectivity index (χ4v) is 0.983. The third-order valence-corrected chi connectivity index (χ3v) is 1.92. The van der Waals surface area contributed by atoms with Gasteiger partial charge in [-0.1, -0.05) is 17.7 Å². The maximum atomic E-state index is 10.3. The van der Waals surface area contributed by atoms with Crippen molar-refractivity contribution in [3.63, 3.8) is 0 Å². The third-order valence-electron chi connectivity index (χ3n) is 1.51. The van der Waals surface area contributed by atoms with Crippen LogP contribution in [0.3, 0.4) is 0 Å². The molecular formula is C9H9ClNO2. The van der Waals surface area contributed by atoms with Gasteiger partial charge >= 0.3 is 0 Å². The van der Waals surface area contributed by atoms with Gasteiger partial charge in [0, 0.05) is 5.02 Å². The van der Waals surface area contributed by atoms with E-state index in [2.05, 4.69) is 0 Å². The Labute approximate surface area is 81.4 Å². The third kappa shape index (κ3) is 2.95. The Hall–Kier alpha value is -1.22. The number of amides is 1. The van der Waals surface area contributed by atoms with Gasteiger partial charge in [0.1, 0.15) is 5.75 Å². The summed E-state index contributed by atoms with van der Waals surface area (Å²) in [6.07, 6.45) is 0. The van der Waals surface area contributed by atoms with Gasteiger partial charge in [0.25, 0.3) is 5.91 Å². The summed E-state index contributed by atoms with van der Waals surface area (Å²) in [7, 11) is 0. The monoisotopic (exact) mass is 198 g/mol. The fourth-order valence-electron chi connectivity index (χ4n) is 0.812. The van der Waals surface area contributed by atoms with E-state index in [0.717, 1.165) is 5.56 Å². The van der Waals surface area contributed by atoms with Crippen molar-refractivity contribution in [3.05, 3.63) is 28.8 Å². The molecule has 1 aromatic carbocycles. The van der Waals surface area contributed by atoms with Crippen LogP contribution in [-0.2, 0) is 4.79 Å². The molecule has 0 bridgehead atoms. The van der Waals surface area contributed by atoms with Gasteiger partial charge in [0.15, 0.2) is 6.61 Å². The quantitative estimate of drug-likeness (QED) is 0.744. The van der Waals surface area contributed by atoms with Gasteiger partial charge in [-0.3, -0.25) is 10.5 Å². The minimum Gasteiger partial charge on any atom is -0.484 e. The standard InChI is InChI=1S/C9H9ClNO2/c1-6-2-3-7(4-8(6)10)13-5-9(11)12/h2-4,11H,5H2,1H3. The van der Waals surface area contributed by atoms with Crippen molar-refractivity contribution in [1.82, 2.24) is 5.73 Å². The topological polar surface area (TPSA) is 50.1 Å². The van der Waals surface area contributed by atoms with Crippen molar-refractivity contribution in [1.29, 1.82) is 0 Å². The maximum Gasteiger partial charge on any atom is 0.276 e. The van der Waals surface area contributed by atoms with Crippen LogP contribution in [0.25, 0.3) is 0 Å². The molecule has 1 amide bonds. The molecule has 3 nitrogen and oxygen atoms in total. The molecule has 0 heterocycles. The van der Waals surface area contributed by atoms with Crippen LogP contribution >= 0.6 is 11.6 Å². The number of halogens is 1. The van der Waals surface area contributed by atoms with Gasteiger partial charge in [0.05, 0.1) is 0 Å². The van der Waals surface area contributed by atoms with Crippen LogP contribution in [0.15, 0.2) is 18.2 Å². The van der Waals surface area contributed by atoms with Gasteiger partial charge in [0.2, 0.25) is 0 Å². The SMILES string of the molecule is Cc1ccc(OCC([NH])=O)cc1Cl. The first-order chi connectivity index (χ1) is 6.09. The Balaban J connectivity index is 2.68. The highest BCUT2D eigenvalue weighted by atomic mass is 35.5. The number of hydrogen-bond acceptors (Lipinski definition) is 2. The van der Waals surface area contributed by atoms with Crippen LogP contribution in [0.1, 0.15) is 5.56 Å². The number of rotatable bonds is 3. The molecule has 1 N–H and O–H groups in total. The largest absolute Gasteiger partial charge is 0.484 e. The molecule has 4 heteroatoms. The van der Waals surface area contributed by atoms with Gasteiger partial charge in [-0.2, -0.15) is 0 Å². The van der Waals surface area contributed by atoms with E-state index in [9.17, 15) is 4.79 Å². The van der Waals surface area contributed by atoms with Crippen molar-refractivity contribution in [2.75, 3.05) is 6.61 Å². The summed E-state index contributed by atoms with van der Waals surface area (Å²) < 4.78 is 4.98. The fraction of sp³-hybridized carbons (Fsp3) is 0.222. The molecule has 1 rings (SSSR count). The van der Waals surface area contributed by atoms with Crippen molar-refractivity contribution in [2.24, 2.45) is 0 Å². The molecule has 0 aliphatic carbocycles. The molecule has 0 unspecified atom stereocenters. The van der Waals surface area contributed by atoms with Crippen LogP contribution in [0, 0.1) is 6.92 Å². The Morgan fingerprint density at radius 1 is 1.62 bits per heavy atom. The number of aryl methyl sites for hydroxylation is 1. The lowest BCUT2D eigenvalue weighted by molar-refractivity contribution is -0.120. The molecule has 0 saturated heterocycles. The first-order valence-corrected chi connectivity index (χ1v) is 4.11. The van der Waals surface area contributed by atoms with E-state index in [1.165, 1.54) is 0 Å². The Morgan fingerprint density at radius 2 is 2.31 bits per heavy atom. The molecule has 0 atom stereocenters. The maximum absolute atomic E-state index is 10.3. The molecule has 0 aromatic heterocycles. The highest BCUT2D eigenvalue weighted by Crippen LogP contribution is 2.21. The van der Waals surface area contributed by atoms with Crippen LogP contribution < -0.4 is 10.5 Å². The summed E-state index contributed by atoms with van der Waals surface area (Å²) in [6, 6.07) is 5.13. The molecule has 1 aromatic rings. The first-order valence-electron chi connectivity index (χ1n) is 3.73. The zero-order valence-corrected chi connectivity index (χ0v) is 7.89. The summed E-state index contributed by atoms with van der Waals surface area (Å²) in [5, 5.41) is 0.593. The van der Waals surface area contributed by atoms with Crippen molar-refractivity contribution in [3.8, 4) is 5.75 Å². The highest BCUT2D eigenvalue weighted by Gasteiger charge is 2.00. The van der Waals surface area contributed by atoms with E-state index < -0.39 is 5.91 Å². The molecular weight excluding hydrogens is 190 g/mol. The van der Waals surface area contributed by atoms with Crippen molar-refractivity contribution < 1.29 is 9.53 Å². The number of carbonyl (C=O) groups is 1. The summed E-state index contributed by atoms with van der Waals surface area (Å²) in [5.74, 6) is -0.243. The lowest BCUT2D eigenvalue weighted by atomic mass is 10.2. The van der Waals surface area contributed by atoms with Crippen molar-refractivity contribution in [2.45, 2.75) is 6.92 Å². The minimum absolute atomic E-state index is 0.237.